The fourth-order valence-electron chi connectivity index (χ4n) is 4.24. The zero-order valence-corrected chi connectivity index (χ0v) is 15.9. The van der Waals surface area contributed by atoms with Crippen molar-refractivity contribution < 1.29 is 9.84 Å². The normalized spacial score (nSPS) is 19.4. The Morgan fingerprint density at radius 1 is 1.04 bits per heavy atom. The minimum atomic E-state index is -0.473. The first-order valence-electron chi connectivity index (χ1n) is 10.2. The molecule has 4 rings (SSSR count). The van der Waals surface area contributed by atoms with Gasteiger partial charge in [0.15, 0.2) is 0 Å². The van der Waals surface area contributed by atoms with Gasteiger partial charge in [0.1, 0.15) is 18.5 Å². The van der Waals surface area contributed by atoms with E-state index in [-0.39, 0.29) is 0 Å². The molecule has 2 aliphatic heterocycles. The number of ether oxygens (including phenoxy) is 1. The van der Waals surface area contributed by atoms with Crippen LogP contribution < -0.4 is 10.1 Å². The van der Waals surface area contributed by atoms with Crippen molar-refractivity contribution in [1.82, 2.24) is 10.2 Å². The van der Waals surface area contributed by atoms with Crippen LogP contribution in [-0.4, -0.2) is 48.9 Å². The molecule has 1 saturated heterocycles. The second kappa shape index (κ2) is 8.87. The Labute approximate surface area is 162 Å². The van der Waals surface area contributed by atoms with Crippen LogP contribution in [0, 0.1) is 0 Å². The number of nitrogens with one attached hydrogen (secondary N) is 1. The number of piperidine rings is 1. The number of hydrogen-bond acceptors (Lipinski definition) is 4. The number of aliphatic hydroxyl groups is 1. The van der Waals surface area contributed by atoms with Crippen molar-refractivity contribution in [3.63, 3.8) is 0 Å². The van der Waals surface area contributed by atoms with Crippen LogP contribution in [0.25, 0.3) is 0 Å². The monoisotopic (exact) mass is 366 g/mol. The van der Waals surface area contributed by atoms with E-state index >= 15 is 0 Å². The molecule has 0 aromatic heterocycles. The molecule has 4 nitrogen and oxygen atoms in total. The average molecular weight is 367 g/mol. The van der Waals surface area contributed by atoms with Crippen molar-refractivity contribution >= 4 is 0 Å². The predicted molar refractivity (Wildman–Crippen MR) is 108 cm³/mol. The van der Waals surface area contributed by atoms with Gasteiger partial charge in [0.05, 0.1) is 0 Å². The van der Waals surface area contributed by atoms with Gasteiger partial charge in [-0.3, -0.25) is 4.90 Å². The summed E-state index contributed by atoms with van der Waals surface area (Å²) in [5, 5.41) is 13.8. The summed E-state index contributed by atoms with van der Waals surface area (Å²) in [5.74, 6) is 1.50. The lowest BCUT2D eigenvalue weighted by Gasteiger charge is -2.30. The van der Waals surface area contributed by atoms with Gasteiger partial charge < -0.3 is 15.2 Å². The number of nitrogens with zero attached hydrogens (tertiary/aromatic N) is 1. The first-order chi connectivity index (χ1) is 13.3. The summed E-state index contributed by atoms with van der Waals surface area (Å²) < 4.78 is 5.83. The molecule has 2 aromatic carbocycles. The second-order valence-corrected chi connectivity index (χ2v) is 7.81. The lowest BCUT2D eigenvalue weighted by Crippen LogP contribution is -2.38. The van der Waals surface area contributed by atoms with E-state index in [9.17, 15) is 5.11 Å². The third kappa shape index (κ3) is 4.89. The Balaban J connectivity index is 1.24. The van der Waals surface area contributed by atoms with E-state index in [1.807, 2.05) is 12.1 Å². The number of rotatable bonds is 6. The number of aliphatic hydroxyl groups excluding tert-OH is 1. The van der Waals surface area contributed by atoms with E-state index in [1.54, 1.807) is 0 Å². The molecule has 144 valence electrons. The van der Waals surface area contributed by atoms with Gasteiger partial charge >= 0.3 is 0 Å². The smallest absolute Gasteiger partial charge is 0.119 e. The summed E-state index contributed by atoms with van der Waals surface area (Å²) in [5.41, 5.74) is 4.22. The van der Waals surface area contributed by atoms with E-state index in [0.717, 1.165) is 38.3 Å². The van der Waals surface area contributed by atoms with E-state index in [2.05, 4.69) is 46.6 Å². The highest BCUT2D eigenvalue weighted by molar-refractivity contribution is 5.30. The molecule has 1 unspecified atom stereocenters. The molecule has 0 spiro atoms. The van der Waals surface area contributed by atoms with Crippen molar-refractivity contribution in [2.45, 2.75) is 37.8 Å². The van der Waals surface area contributed by atoms with E-state index in [4.69, 9.17) is 4.74 Å². The molecule has 0 saturated carbocycles. The summed E-state index contributed by atoms with van der Waals surface area (Å²) in [6.45, 7) is 5.12. The van der Waals surface area contributed by atoms with Crippen LogP contribution in [-0.2, 0) is 13.0 Å². The highest BCUT2D eigenvalue weighted by atomic mass is 16.5. The standard InChI is InChI=1S/C23H30N2O2/c26-22(16-25-14-11-18-3-1-2-4-21(18)15-25)17-27-23-7-5-19(6-8-23)20-9-12-24-13-10-20/h1-8,20,22,24,26H,9-17H2. The van der Waals surface area contributed by atoms with Crippen LogP contribution in [0.15, 0.2) is 48.5 Å². The van der Waals surface area contributed by atoms with Crippen LogP contribution in [0.1, 0.15) is 35.4 Å². The maximum Gasteiger partial charge on any atom is 0.119 e. The Hall–Kier alpha value is -1.88. The largest absolute Gasteiger partial charge is 0.491 e. The van der Waals surface area contributed by atoms with Crippen molar-refractivity contribution in [3.05, 3.63) is 65.2 Å². The van der Waals surface area contributed by atoms with Crippen LogP contribution in [0.2, 0.25) is 0 Å². The van der Waals surface area contributed by atoms with E-state index in [1.165, 1.54) is 29.5 Å². The topological polar surface area (TPSA) is 44.7 Å². The average Bonchev–Trinajstić information content (AvgIpc) is 2.73. The van der Waals surface area contributed by atoms with Gasteiger partial charge in [-0.05, 0) is 67.1 Å². The van der Waals surface area contributed by atoms with Crippen LogP contribution in [0.5, 0.6) is 5.75 Å². The van der Waals surface area contributed by atoms with Crippen LogP contribution in [0.4, 0.5) is 0 Å². The Morgan fingerprint density at radius 3 is 2.56 bits per heavy atom. The Kier molecular flexibility index (Phi) is 6.07. The third-order valence-corrected chi connectivity index (χ3v) is 5.81. The SMILES string of the molecule is OC(COc1ccc(C2CCNCC2)cc1)CN1CCc2ccccc2C1. The molecular weight excluding hydrogens is 336 g/mol. The molecule has 27 heavy (non-hydrogen) atoms. The fraction of sp³-hybridized carbons (Fsp3) is 0.478. The maximum absolute atomic E-state index is 10.4. The molecule has 0 bridgehead atoms. The van der Waals surface area contributed by atoms with Gasteiger partial charge in [0, 0.05) is 19.6 Å². The second-order valence-electron chi connectivity index (χ2n) is 7.81. The molecule has 2 aromatic rings. The van der Waals surface area contributed by atoms with Crippen LogP contribution in [0.3, 0.4) is 0 Å². The van der Waals surface area contributed by atoms with Crippen molar-refractivity contribution in [2.75, 3.05) is 32.8 Å². The number of benzene rings is 2. The quantitative estimate of drug-likeness (QED) is 0.825. The summed E-state index contributed by atoms with van der Waals surface area (Å²) in [6, 6.07) is 17.0. The van der Waals surface area contributed by atoms with Crippen LogP contribution >= 0.6 is 0 Å². The van der Waals surface area contributed by atoms with Crippen molar-refractivity contribution in [1.29, 1.82) is 0 Å². The van der Waals surface area contributed by atoms with Gasteiger partial charge in [-0.2, -0.15) is 0 Å². The van der Waals surface area contributed by atoms with Gasteiger partial charge in [-0.15, -0.1) is 0 Å². The number of fused-ring (bicyclic) bond motifs is 1. The first kappa shape index (κ1) is 18.5. The van der Waals surface area contributed by atoms with Gasteiger partial charge in [-0.1, -0.05) is 36.4 Å². The molecule has 2 aliphatic rings. The Bertz CT molecular complexity index is 725. The highest BCUT2D eigenvalue weighted by Gasteiger charge is 2.19. The van der Waals surface area contributed by atoms with Gasteiger partial charge in [-0.25, -0.2) is 0 Å². The molecule has 1 fully saturated rings. The zero-order valence-electron chi connectivity index (χ0n) is 15.9. The molecule has 2 N–H and O–H groups in total. The molecule has 0 amide bonds. The minimum absolute atomic E-state index is 0.338. The fourth-order valence-corrected chi connectivity index (χ4v) is 4.24. The third-order valence-electron chi connectivity index (χ3n) is 5.81. The van der Waals surface area contributed by atoms with E-state index in [0.29, 0.717) is 19.1 Å². The lowest BCUT2D eigenvalue weighted by atomic mass is 9.90. The number of hydrogen-bond donors (Lipinski definition) is 2. The van der Waals surface area contributed by atoms with Gasteiger partial charge in [0.25, 0.3) is 0 Å². The number of β-amino-alcohol motifs (C(OH)–C–C–N with tert-alkyl or cyclic N) is 1. The zero-order chi connectivity index (χ0) is 18.5. The van der Waals surface area contributed by atoms with Crippen molar-refractivity contribution in [3.8, 4) is 5.75 Å². The molecule has 2 heterocycles. The maximum atomic E-state index is 10.4. The molecule has 1 atom stereocenters. The summed E-state index contributed by atoms with van der Waals surface area (Å²) in [6.07, 6.45) is 3.00. The first-order valence-corrected chi connectivity index (χ1v) is 10.2. The predicted octanol–water partition coefficient (Wildman–Crippen LogP) is 2.95. The summed E-state index contributed by atoms with van der Waals surface area (Å²) in [4.78, 5) is 2.32. The summed E-state index contributed by atoms with van der Waals surface area (Å²) >= 11 is 0. The minimum Gasteiger partial charge on any atom is -0.491 e. The molecule has 4 heteroatoms. The van der Waals surface area contributed by atoms with Crippen molar-refractivity contribution in [2.24, 2.45) is 0 Å². The molecule has 0 aliphatic carbocycles. The summed E-state index contributed by atoms with van der Waals surface area (Å²) in [7, 11) is 0. The van der Waals surface area contributed by atoms with E-state index < -0.39 is 6.10 Å². The van der Waals surface area contributed by atoms with Gasteiger partial charge in [0.2, 0.25) is 0 Å². The highest BCUT2D eigenvalue weighted by Crippen LogP contribution is 2.26. The lowest BCUT2D eigenvalue weighted by molar-refractivity contribution is 0.0638. The molecular formula is C23H30N2O2. The molecule has 0 radical (unpaired) electrons. The Morgan fingerprint density at radius 2 is 1.78 bits per heavy atom.